The number of hydrogen-bond donors (Lipinski definition) is 2. The molecule has 0 spiro atoms. The van der Waals surface area contributed by atoms with E-state index in [4.69, 9.17) is 5.84 Å². The normalized spacial score (nSPS) is 16.1. The fraction of sp³-hybridized carbons (Fsp3) is 1.00. The van der Waals surface area contributed by atoms with Crippen LogP contribution in [0.15, 0.2) is 0 Å². The molecule has 0 amide bonds. The largest absolute Gasteiger partial charge is 0.271 e. The fourth-order valence-corrected chi connectivity index (χ4v) is 0.250. The van der Waals surface area contributed by atoms with E-state index in [1.165, 1.54) is 0 Å². The summed E-state index contributed by atoms with van der Waals surface area (Å²) in [6, 6.07) is 0.377. The number of rotatable bonds is 1. The van der Waals surface area contributed by atoms with Crippen LogP contribution < -0.4 is 11.3 Å². The molecule has 0 fully saturated rings. The Kier molecular flexibility index (Phi) is 2.44. The van der Waals surface area contributed by atoms with E-state index in [1.54, 1.807) is 0 Å². The third-order valence-electron chi connectivity index (χ3n) is 1.55. The Labute approximate surface area is 51.4 Å². The highest BCUT2D eigenvalue weighted by Gasteiger charge is 2.17. The van der Waals surface area contributed by atoms with Gasteiger partial charge in [0.25, 0.3) is 0 Å². The van der Waals surface area contributed by atoms with Gasteiger partial charge in [0.15, 0.2) is 0 Å². The Hall–Kier alpha value is -0.0800. The average Bonchev–Trinajstić information content (AvgIpc) is 1.62. The highest BCUT2D eigenvalue weighted by molar-refractivity contribution is 4.72. The van der Waals surface area contributed by atoms with Crippen LogP contribution in [0, 0.1) is 5.41 Å². The minimum Gasteiger partial charge on any atom is -0.271 e. The second-order valence-corrected chi connectivity index (χ2v) is 3.25. The summed E-state index contributed by atoms with van der Waals surface area (Å²) in [7, 11) is 0. The predicted molar refractivity (Wildman–Crippen MR) is 36.2 cm³/mol. The molecule has 0 saturated heterocycles. The SMILES string of the molecule is C[C@H](NN)C(C)(C)C. The summed E-state index contributed by atoms with van der Waals surface area (Å²) in [5.74, 6) is 5.21. The quantitative estimate of drug-likeness (QED) is 0.394. The van der Waals surface area contributed by atoms with E-state index >= 15 is 0 Å². The van der Waals surface area contributed by atoms with E-state index in [0.29, 0.717) is 6.04 Å². The van der Waals surface area contributed by atoms with Crippen molar-refractivity contribution in [1.82, 2.24) is 5.43 Å². The van der Waals surface area contributed by atoms with Crippen LogP contribution in [-0.4, -0.2) is 6.04 Å². The molecule has 0 aromatic rings. The van der Waals surface area contributed by atoms with Crippen molar-refractivity contribution in [2.75, 3.05) is 0 Å². The minimum atomic E-state index is 0.273. The lowest BCUT2D eigenvalue weighted by Gasteiger charge is -2.25. The van der Waals surface area contributed by atoms with Crippen molar-refractivity contribution in [3.05, 3.63) is 0 Å². The van der Waals surface area contributed by atoms with Crippen molar-refractivity contribution in [2.45, 2.75) is 33.7 Å². The fourth-order valence-electron chi connectivity index (χ4n) is 0.250. The van der Waals surface area contributed by atoms with Gasteiger partial charge in [0.2, 0.25) is 0 Å². The van der Waals surface area contributed by atoms with Gasteiger partial charge >= 0.3 is 0 Å². The van der Waals surface area contributed by atoms with Crippen LogP contribution in [-0.2, 0) is 0 Å². The van der Waals surface area contributed by atoms with Gasteiger partial charge < -0.3 is 0 Å². The van der Waals surface area contributed by atoms with Crippen LogP contribution in [0.2, 0.25) is 0 Å². The monoisotopic (exact) mass is 116 g/mol. The van der Waals surface area contributed by atoms with E-state index in [0.717, 1.165) is 0 Å². The zero-order valence-corrected chi connectivity index (χ0v) is 6.15. The molecule has 0 aromatic carbocycles. The van der Waals surface area contributed by atoms with Crippen LogP contribution in [0.4, 0.5) is 0 Å². The van der Waals surface area contributed by atoms with Gasteiger partial charge in [-0.25, -0.2) is 0 Å². The lowest BCUT2D eigenvalue weighted by molar-refractivity contribution is 0.290. The number of nitrogens with one attached hydrogen (secondary N) is 1. The molecular formula is C6H16N2. The first kappa shape index (κ1) is 7.92. The summed E-state index contributed by atoms with van der Waals surface area (Å²) in [6.45, 7) is 8.52. The smallest absolute Gasteiger partial charge is 0.0230 e. The van der Waals surface area contributed by atoms with Gasteiger partial charge in [-0.1, -0.05) is 20.8 Å². The van der Waals surface area contributed by atoms with Crippen LogP contribution in [0.1, 0.15) is 27.7 Å². The number of hydrazine groups is 1. The van der Waals surface area contributed by atoms with Gasteiger partial charge in [-0.15, -0.1) is 0 Å². The second-order valence-electron chi connectivity index (χ2n) is 3.25. The molecular weight excluding hydrogens is 100 g/mol. The Balaban J connectivity index is 3.62. The van der Waals surface area contributed by atoms with Crippen molar-refractivity contribution >= 4 is 0 Å². The lowest BCUT2D eigenvalue weighted by Crippen LogP contribution is -2.41. The molecule has 0 bridgehead atoms. The Morgan fingerprint density at radius 1 is 1.38 bits per heavy atom. The van der Waals surface area contributed by atoms with Crippen molar-refractivity contribution in [3.63, 3.8) is 0 Å². The molecule has 0 radical (unpaired) electrons. The summed E-state index contributed by atoms with van der Waals surface area (Å²) in [6.07, 6.45) is 0. The molecule has 0 heterocycles. The molecule has 0 aromatic heterocycles. The Morgan fingerprint density at radius 3 is 1.75 bits per heavy atom. The zero-order chi connectivity index (χ0) is 6.78. The van der Waals surface area contributed by atoms with E-state index in [2.05, 4.69) is 33.1 Å². The third-order valence-corrected chi connectivity index (χ3v) is 1.55. The van der Waals surface area contributed by atoms with E-state index in [9.17, 15) is 0 Å². The van der Waals surface area contributed by atoms with Crippen molar-refractivity contribution in [3.8, 4) is 0 Å². The van der Waals surface area contributed by atoms with Crippen molar-refractivity contribution in [2.24, 2.45) is 11.3 Å². The van der Waals surface area contributed by atoms with Gasteiger partial charge in [0, 0.05) is 6.04 Å². The van der Waals surface area contributed by atoms with E-state index in [-0.39, 0.29) is 5.41 Å². The van der Waals surface area contributed by atoms with Gasteiger partial charge in [0.05, 0.1) is 0 Å². The maximum absolute atomic E-state index is 5.21. The maximum Gasteiger partial charge on any atom is 0.0230 e. The van der Waals surface area contributed by atoms with Crippen LogP contribution in [0.25, 0.3) is 0 Å². The predicted octanol–water partition coefficient (Wildman–Crippen LogP) is 0.884. The molecule has 8 heavy (non-hydrogen) atoms. The van der Waals surface area contributed by atoms with Gasteiger partial charge in [-0.05, 0) is 12.3 Å². The summed E-state index contributed by atoms with van der Waals surface area (Å²) in [4.78, 5) is 0. The highest BCUT2D eigenvalue weighted by Crippen LogP contribution is 2.17. The maximum atomic E-state index is 5.21. The van der Waals surface area contributed by atoms with Gasteiger partial charge in [0.1, 0.15) is 0 Å². The molecule has 0 unspecified atom stereocenters. The molecule has 1 atom stereocenters. The summed E-state index contributed by atoms with van der Waals surface area (Å²) in [5.41, 5.74) is 2.98. The first-order valence-electron chi connectivity index (χ1n) is 2.94. The molecule has 0 aliphatic rings. The minimum absolute atomic E-state index is 0.273. The number of hydrogen-bond acceptors (Lipinski definition) is 2. The third kappa shape index (κ3) is 2.28. The molecule has 2 nitrogen and oxygen atoms in total. The zero-order valence-electron chi connectivity index (χ0n) is 6.15. The molecule has 3 N–H and O–H groups in total. The van der Waals surface area contributed by atoms with Crippen molar-refractivity contribution in [1.29, 1.82) is 0 Å². The van der Waals surface area contributed by atoms with Gasteiger partial charge in [-0.2, -0.15) is 0 Å². The lowest BCUT2D eigenvalue weighted by atomic mass is 9.89. The average molecular weight is 116 g/mol. The van der Waals surface area contributed by atoms with Crippen molar-refractivity contribution < 1.29 is 0 Å². The molecule has 0 saturated carbocycles. The summed E-state index contributed by atoms with van der Waals surface area (Å²) < 4.78 is 0. The molecule has 0 aliphatic carbocycles. The highest BCUT2D eigenvalue weighted by atomic mass is 15.2. The molecule has 0 rings (SSSR count). The Bertz CT molecular complexity index is 63.4. The van der Waals surface area contributed by atoms with E-state index in [1.807, 2.05) is 0 Å². The van der Waals surface area contributed by atoms with E-state index < -0.39 is 0 Å². The summed E-state index contributed by atoms with van der Waals surface area (Å²) in [5, 5.41) is 0. The second kappa shape index (κ2) is 2.46. The molecule has 50 valence electrons. The topological polar surface area (TPSA) is 38.0 Å². The first-order chi connectivity index (χ1) is 3.48. The first-order valence-corrected chi connectivity index (χ1v) is 2.94. The Morgan fingerprint density at radius 2 is 1.75 bits per heavy atom. The van der Waals surface area contributed by atoms with Crippen LogP contribution in [0.5, 0.6) is 0 Å². The summed E-state index contributed by atoms with van der Waals surface area (Å²) >= 11 is 0. The van der Waals surface area contributed by atoms with Crippen LogP contribution in [0.3, 0.4) is 0 Å². The standard InChI is InChI=1S/C6H16N2/c1-5(8-7)6(2,3)4/h5,8H,7H2,1-4H3/t5-/m0/s1. The number of nitrogens with two attached hydrogens (primary N) is 1. The molecule has 0 aliphatic heterocycles. The van der Waals surface area contributed by atoms with Crippen LogP contribution >= 0.6 is 0 Å². The van der Waals surface area contributed by atoms with Gasteiger partial charge in [-0.3, -0.25) is 11.3 Å². The molecule has 2 heteroatoms.